The quantitative estimate of drug-likeness (QED) is 0.0888. The molecule has 0 radical (unpaired) electrons. The molecule has 0 saturated heterocycles. The number of aromatic nitrogens is 2. The number of carbonyl (C=O) groups excluding carboxylic acids is 2. The van der Waals surface area contributed by atoms with Crippen molar-refractivity contribution < 1.29 is 27.2 Å². The third-order valence-corrected chi connectivity index (χ3v) is 6.32. The molecule has 0 bridgehead atoms. The van der Waals surface area contributed by atoms with E-state index in [2.05, 4.69) is 5.10 Å². The number of hydrogen-bond donors (Lipinski definition) is 0. The second kappa shape index (κ2) is 9.47. The number of nitrogens with zero attached hydrogens (tertiary/aromatic N) is 2. The summed E-state index contributed by atoms with van der Waals surface area (Å²) in [5, 5.41) is 6.50. The summed E-state index contributed by atoms with van der Waals surface area (Å²) in [6, 6.07) is 19.7. The number of carbonyl (C=O) groups is 2. The Bertz CT molecular complexity index is 1720. The number of thiophene rings is 1. The Balaban J connectivity index is 1.76. The molecule has 5 aromatic rings. The molecule has 0 atom stereocenters. The second-order valence-corrected chi connectivity index (χ2v) is 8.84. The smallest absolute Gasteiger partial charge is 0.422 e. The van der Waals surface area contributed by atoms with Gasteiger partial charge in [-0.05, 0) is 41.8 Å². The molecule has 3 aromatic heterocycles. The van der Waals surface area contributed by atoms with Gasteiger partial charge in [-0.15, -0.1) is 11.3 Å². The highest BCUT2D eigenvalue weighted by Gasteiger charge is 2.43. The lowest BCUT2D eigenvalue weighted by molar-refractivity contribution is -0.166. The molecule has 0 fully saturated rings. The average Bonchev–Trinajstić information content (AvgIpc) is 3.57. The van der Waals surface area contributed by atoms with Crippen molar-refractivity contribution in [2.24, 2.45) is 0 Å². The zero-order chi connectivity index (χ0) is 26.2. The molecule has 0 aliphatic rings. The maximum absolute atomic E-state index is 13.5. The van der Waals surface area contributed by atoms with Crippen LogP contribution >= 0.6 is 11.3 Å². The Labute approximate surface area is 210 Å². The minimum absolute atomic E-state index is 0.0360. The fourth-order valence-electron chi connectivity index (χ4n) is 3.73. The van der Waals surface area contributed by atoms with E-state index in [9.17, 15) is 27.6 Å². The number of rotatable bonds is 6. The highest BCUT2D eigenvalue weighted by atomic mass is 32.1. The lowest BCUT2D eigenvalue weighted by Gasteiger charge is -2.08. The summed E-state index contributed by atoms with van der Waals surface area (Å²) in [6.45, 7) is 0. The minimum Gasteiger partial charge on any atom is -0.422 e. The van der Waals surface area contributed by atoms with Crippen LogP contribution in [0.4, 0.5) is 13.2 Å². The van der Waals surface area contributed by atoms with Gasteiger partial charge in [0.25, 0.3) is 5.78 Å². The summed E-state index contributed by atoms with van der Waals surface area (Å²) >= 11 is 0.909. The van der Waals surface area contributed by atoms with Gasteiger partial charge in [-0.1, -0.05) is 42.5 Å². The molecule has 3 heterocycles. The minimum atomic E-state index is -5.30. The molecule has 2 aromatic carbocycles. The normalized spacial score (nSPS) is 12.1. The van der Waals surface area contributed by atoms with Crippen LogP contribution in [-0.4, -0.2) is 27.5 Å². The van der Waals surface area contributed by atoms with E-state index in [1.54, 1.807) is 54.6 Å². The molecule has 37 heavy (non-hydrogen) atoms. The Morgan fingerprint density at radius 2 is 1.70 bits per heavy atom. The van der Waals surface area contributed by atoms with Crippen molar-refractivity contribution >= 4 is 39.9 Å². The summed E-state index contributed by atoms with van der Waals surface area (Å²) in [5.74, 6) is -3.38. The zero-order valence-corrected chi connectivity index (χ0v) is 19.5. The Kier molecular flexibility index (Phi) is 6.18. The van der Waals surface area contributed by atoms with Crippen molar-refractivity contribution in [1.82, 2.24) is 9.78 Å². The van der Waals surface area contributed by atoms with E-state index in [-0.39, 0.29) is 21.7 Å². The number of hydrogen-bond acceptors (Lipinski definition) is 6. The lowest BCUT2D eigenvalue weighted by atomic mass is 10.00. The number of fused-ring (bicyclic) bond motifs is 1. The molecule has 0 amide bonds. The predicted octanol–water partition coefficient (Wildman–Crippen LogP) is 6.10. The van der Waals surface area contributed by atoms with Crippen LogP contribution in [0.5, 0.6) is 0 Å². The molecule has 0 N–H and O–H groups in total. The van der Waals surface area contributed by atoms with Crippen molar-refractivity contribution in [1.29, 1.82) is 0 Å². The molecule has 0 spiro atoms. The van der Waals surface area contributed by atoms with Gasteiger partial charge in [0.1, 0.15) is 11.3 Å². The van der Waals surface area contributed by atoms with Gasteiger partial charge in [-0.3, -0.25) is 9.59 Å². The van der Waals surface area contributed by atoms with Crippen molar-refractivity contribution in [2.75, 3.05) is 0 Å². The first-order valence-corrected chi connectivity index (χ1v) is 11.7. The molecule has 0 aliphatic heterocycles. The van der Waals surface area contributed by atoms with Gasteiger partial charge in [-0.2, -0.15) is 18.3 Å². The number of ketones is 2. The summed E-state index contributed by atoms with van der Waals surface area (Å²) in [4.78, 5) is 38.2. The van der Waals surface area contributed by atoms with Gasteiger partial charge in [-0.25, -0.2) is 9.48 Å². The second-order valence-electron chi connectivity index (χ2n) is 7.89. The van der Waals surface area contributed by atoms with E-state index < -0.39 is 28.9 Å². The number of benzene rings is 2. The van der Waals surface area contributed by atoms with Crippen LogP contribution in [0, 0.1) is 0 Å². The van der Waals surface area contributed by atoms with Gasteiger partial charge in [0.05, 0.1) is 21.7 Å². The summed E-state index contributed by atoms with van der Waals surface area (Å²) in [7, 11) is 0. The molecular weight excluding hydrogens is 505 g/mol. The number of para-hydroxylation sites is 2. The number of halogens is 3. The maximum Gasteiger partial charge on any atom is 0.455 e. The lowest BCUT2D eigenvalue weighted by Crippen LogP contribution is -2.28. The Morgan fingerprint density at radius 1 is 0.973 bits per heavy atom. The van der Waals surface area contributed by atoms with Crippen LogP contribution in [0.2, 0.25) is 0 Å². The number of alkyl halides is 3. The van der Waals surface area contributed by atoms with Gasteiger partial charge < -0.3 is 4.42 Å². The zero-order valence-electron chi connectivity index (χ0n) is 18.7. The van der Waals surface area contributed by atoms with Gasteiger partial charge >= 0.3 is 11.8 Å². The fraction of sp³-hybridized carbons (Fsp3) is 0.0370. The largest absolute Gasteiger partial charge is 0.455 e. The fourth-order valence-corrected chi connectivity index (χ4v) is 4.40. The molecule has 10 heteroatoms. The number of allylic oxidation sites excluding steroid dienone is 1. The average molecular weight is 520 g/mol. The van der Waals surface area contributed by atoms with E-state index in [1.165, 1.54) is 34.5 Å². The van der Waals surface area contributed by atoms with Crippen LogP contribution < -0.4 is 5.63 Å². The van der Waals surface area contributed by atoms with Crippen LogP contribution in [0.3, 0.4) is 0 Å². The summed E-state index contributed by atoms with van der Waals surface area (Å²) in [6.07, 6.45) is -3.12. The summed E-state index contributed by atoms with van der Waals surface area (Å²) in [5.41, 5.74) is -1.13. The van der Waals surface area contributed by atoms with E-state index in [0.29, 0.717) is 16.7 Å². The standard InChI is InChI=1S/C27H15F3N2O4S/c28-27(29,30)25(34)20(24(33)22-11-6-12-37-22)14-17-15-32(18-8-2-1-3-9-18)31-23(17)19-13-16-7-4-5-10-21(16)36-26(19)35/h1-15H. The maximum atomic E-state index is 13.5. The monoisotopic (exact) mass is 520 g/mol. The van der Waals surface area contributed by atoms with Gasteiger partial charge in [0.2, 0.25) is 5.78 Å². The van der Waals surface area contributed by atoms with Crippen molar-refractivity contribution in [3.8, 4) is 16.9 Å². The van der Waals surface area contributed by atoms with Gasteiger partial charge in [0.15, 0.2) is 0 Å². The third-order valence-electron chi connectivity index (χ3n) is 5.45. The summed E-state index contributed by atoms with van der Waals surface area (Å²) < 4.78 is 47.3. The van der Waals surface area contributed by atoms with E-state index in [0.717, 1.165) is 17.4 Å². The van der Waals surface area contributed by atoms with E-state index in [4.69, 9.17) is 4.42 Å². The first-order chi connectivity index (χ1) is 17.7. The predicted molar refractivity (Wildman–Crippen MR) is 133 cm³/mol. The molecule has 0 aliphatic carbocycles. The Morgan fingerprint density at radius 3 is 2.41 bits per heavy atom. The van der Waals surface area contributed by atoms with Crippen molar-refractivity contribution in [3.63, 3.8) is 0 Å². The van der Waals surface area contributed by atoms with Crippen LogP contribution in [0.1, 0.15) is 15.2 Å². The highest BCUT2D eigenvalue weighted by Crippen LogP contribution is 2.30. The first-order valence-electron chi connectivity index (χ1n) is 10.8. The third kappa shape index (κ3) is 4.78. The SMILES string of the molecule is O=C(C(=Cc1cn(-c2ccccc2)nc1-c1cc2ccccc2oc1=O)C(=O)C(F)(F)F)c1cccs1. The molecule has 184 valence electrons. The van der Waals surface area contributed by atoms with Gasteiger partial charge in [0, 0.05) is 17.1 Å². The Hall–Kier alpha value is -4.57. The molecule has 0 unspecified atom stereocenters. The molecule has 5 rings (SSSR count). The van der Waals surface area contributed by atoms with Crippen LogP contribution in [0.15, 0.2) is 99.2 Å². The molecule has 6 nitrogen and oxygen atoms in total. The van der Waals surface area contributed by atoms with Crippen molar-refractivity contribution in [3.05, 3.63) is 111 Å². The molecule has 0 saturated carbocycles. The topological polar surface area (TPSA) is 82.2 Å². The van der Waals surface area contributed by atoms with E-state index in [1.807, 2.05) is 0 Å². The van der Waals surface area contributed by atoms with Crippen molar-refractivity contribution in [2.45, 2.75) is 6.18 Å². The van der Waals surface area contributed by atoms with Crippen LogP contribution in [-0.2, 0) is 4.79 Å². The molecular formula is C27H15F3N2O4S. The number of Topliss-reactive ketones (excluding diaryl/α,β-unsaturated/α-hetero) is 2. The highest BCUT2D eigenvalue weighted by molar-refractivity contribution is 7.12. The van der Waals surface area contributed by atoms with E-state index >= 15 is 0 Å². The first kappa shape index (κ1) is 24.1. The van der Waals surface area contributed by atoms with Crippen LogP contribution in [0.25, 0.3) is 34.0 Å².